The van der Waals surface area contributed by atoms with Gasteiger partial charge in [-0.3, -0.25) is 5.10 Å². The average molecular weight is 147 g/mol. The van der Waals surface area contributed by atoms with Crippen LogP contribution in [-0.4, -0.2) is 15.2 Å². The largest absolute Gasteiger partial charge is 0.305 e. The third kappa shape index (κ3) is 1.12. The summed E-state index contributed by atoms with van der Waals surface area (Å²) in [5, 5.41) is 5.44. The van der Waals surface area contributed by atoms with Gasteiger partial charge in [-0.2, -0.15) is 13.9 Å². The Labute approximate surface area is 56.5 Å². The third-order valence-corrected chi connectivity index (χ3v) is 1.21. The first-order valence-corrected chi connectivity index (χ1v) is 2.90. The van der Waals surface area contributed by atoms with Gasteiger partial charge in [0, 0.05) is 6.42 Å². The minimum atomic E-state index is -2.86. The van der Waals surface area contributed by atoms with Crippen LogP contribution in [-0.2, 0) is 5.92 Å². The monoisotopic (exact) mass is 147 g/mol. The van der Waals surface area contributed by atoms with Crippen LogP contribution in [0.15, 0.2) is 6.33 Å². The van der Waals surface area contributed by atoms with Crippen LogP contribution < -0.4 is 0 Å². The number of aromatic nitrogens is 3. The van der Waals surface area contributed by atoms with Crippen LogP contribution in [0.5, 0.6) is 0 Å². The van der Waals surface area contributed by atoms with Crippen molar-refractivity contribution in [3.63, 3.8) is 0 Å². The Hall–Kier alpha value is -1.00. The second-order valence-corrected chi connectivity index (χ2v) is 1.89. The van der Waals surface area contributed by atoms with Crippen LogP contribution in [0.25, 0.3) is 0 Å². The first-order chi connectivity index (χ1) is 4.67. The molecule has 1 aromatic heterocycles. The molecule has 0 saturated carbocycles. The van der Waals surface area contributed by atoms with E-state index in [1.807, 2.05) is 0 Å². The molecule has 0 atom stereocenters. The molecule has 0 aromatic carbocycles. The molecule has 3 nitrogen and oxygen atoms in total. The summed E-state index contributed by atoms with van der Waals surface area (Å²) in [6.07, 6.45) is 0.807. The lowest BCUT2D eigenvalue weighted by Crippen LogP contribution is -2.13. The van der Waals surface area contributed by atoms with E-state index in [4.69, 9.17) is 0 Å². The summed E-state index contributed by atoms with van der Waals surface area (Å²) in [7, 11) is 0. The first kappa shape index (κ1) is 7.11. The Bertz CT molecular complexity index is 195. The molecule has 0 spiro atoms. The number of hydrogen-bond acceptors (Lipinski definition) is 2. The SMILES string of the molecule is CCC(F)(F)c1ncn[nH]1. The van der Waals surface area contributed by atoms with E-state index in [2.05, 4.69) is 15.2 Å². The normalized spacial score (nSPS) is 11.9. The second-order valence-electron chi connectivity index (χ2n) is 1.89. The molecule has 56 valence electrons. The second kappa shape index (κ2) is 2.32. The van der Waals surface area contributed by atoms with Crippen LogP contribution in [0.4, 0.5) is 8.78 Å². The van der Waals surface area contributed by atoms with Gasteiger partial charge in [0.05, 0.1) is 0 Å². The number of rotatable bonds is 2. The molecule has 0 unspecified atom stereocenters. The highest BCUT2D eigenvalue weighted by Crippen LogP contribution is 2.27. The van der Waals surface area contributed by atoms with Crippen molar-refractivity contribution in [3.05, 3.63) is 12.2 Å². The van der Waals surface area contributed by atoms with Gasteiger partial charge in [0.2, 0.25) is 0 Å². The van der Waals surface area contributed by atoms with Crippen molar-refractivity contribution >= 4 is 0 Å². The number of aromatic amines is 1. The van der Waals surface area contributed by atoms with E-state index in [0.29, 0.717) is 0 Å². The summed E-state index contributed by atoms with van der Waals surface area (Å²) >= 11 is 0. The van der Waals surface area contributed by atoms with Crippen molar-refractivity contribution < 1.29 is 8.78 Å². The summed E-state index contributed by atoms with van der Waals surface area (Å²) in [6, 6.07) is 0. The van der Waals surface area contributed by atoms with E-state index < -0.39 is 5.92 Å². The predicted octanol–water partition coefficient (Wildman–Crippen LogP) is 1.31. The molecule has 0 bridgehead atoms. The lowest BCUT2D eigenvalue weighted by molar-refractivity contribution is -0.0172. The number of hydrogen-bond donors (Lipinski definition) is 1. The molecule has 0 aliphatic heterocycles. The van der Waals surface area contributed by atoms with E-state index in [1.165, 1.54) is 6.92 Å². The van der Waals surface area contributed by atoms with Gasteiger partial charge < -0.3 is 0 Å². The molecule has 0 amide bonds. The van der Waals surface area contributed by atoms with Crippen LogP contribution in [0.1, 0.15) is 19.2 Å². The minimum Gasteiger partial charge on any atom is -0.258 e. The van der Waals surface area contributed by atoms with Crippen molar-refractivity contribution in [1.29, 1.82) is 0 Å². The molecule has 10 heavy (non-hydrogen) atoms. The fourth-order valence-corrected chi connectivity index (χ4v) is 0.549. The molecule has 1 N–H and O–H groups in total. The summed E-state index contributed by atoms with van der Waals surface area (Å²) in [6.45, 7) is 1.39. The third-order valence-electron chi connectivity index (χ3n) is 1.21. The van der Waals surface area contributed by atoms with Crippen molar-refractivity contribution in [2.24, 2.45) is 0 Å². The molecule has 0 aliphatic rings. The van der Waals surface area contributed by atoms with E-state index >= 15 is 0 Å². The smallest absolute Gasteiger partial charge is 0.258 e. The Kier molecular flexibility index (Phi) is 1.65. The highest BCUT2D eigenvalue weighted by molar-refractivity contribution is 4.91. The van der Waals surface area contributed by atoms with Gasteiger partial charge in [-0.1, -0.05) is 6.92 Å². The number of halogens is 2. The van der Waals surface area contributed by atoms with Gasteiger partial charge in [-0.05, 0) is 0 Å². The number of H-pyrrole nitrogens is 1. The maximum atomic E-state index is 12.6. The van der Waals surface area contributed by atoms with Gasteiger partial charge in [0.1, 0.15) is 6.33 Å². The minimum absolute atomic E-state index is 0.262. The van der Waals surface area contributed by atoms with Gasteiger partial charge in [0.25, 0.3) is 0 Å². The van der Waals surface area contributed by atoms with Crippen LogP contribution in [0.2, 0.25) is 0 Å². The Morgan fingerprint density at radius 2 is 2.40 bits per heavy atom. The maximum absolute atomic E-state index is 12.6. The fraction of sp³-hybridized carbons (Fsp3) is 0.600. The Morgan fingerprint density at radius 1 is 1.70 bits per heavy atom. The van der Waals surface area contributed by atoms with Crippen LogP contribution in [0, 0.1) is 0 Å². The molecule has 0 aliphatic carbocycles. The Morgan fingerprint density at radius 3 is 2.80 bits per heavy atom. The van der Waals surface area contributed by atoms with E-state index in [-0.39, 0.29) is 12.2 Å². The van der Waals surface area contributed by atoms with E-state index in [0.717, 1.165) is 6.33 Å². The standard InChI is InChI=1S/C5H7F2N3/c1-2-5(6,7)4-8-3-9-10-4/h3H,2H2,1H3,(H,8,9,10). The molecule has 1 aromatic rings. The highest BCUT2D eigenvalue weighted by atomic mass is 19.3. The van der Waals surface area contributed by atoms with Crippen LogP contribution in [0.3, 0.4) is 0 Å². The zero-order chi connectivity index (χ0) is 7.61. The summed E-state index contributed by atoms with van der Waals surface area (Å²) in [4.78, 5) is 3.34. The molecule has 0 saturated heterocycles. The molecule has 0 fully saturated rings. The van der Waals surface area contributed by atoms with Crippen molar-refractivity contribution in [2.75, 3.05) is 0 Å². The van der Waals surface area contributed by atoms with Crippen molar-refractivity contribution in [1.82, 2.24) is 15.2 Å². The number of nitrogens with one attached hydrogen (secondary N) is 1. The van der Waals surface area contributed by atoms with Gasteiger partial charge in [-0.15, -0.1) is 0 Å². The topological polar surface area (TPSA) is 41.6 Å². The van der Waals surface area contributed by atoms with Crippen molar-refractivity contribution in [3.8, 4) is 0 Å². The number of nitrogens with zero attached hydrogens (tertiary/aromatic N) is 2. The first-order valence-electron chi connectivity index (χ1n) is 2.90. The highest BCUT2D eigenvalue weighted by Gasteiger charge is 2.31. The summed E-state index contributed by atoms with van der Waals surface area (Å²) < 4.78 is 25.2. The van der Waals surface area contributed by atoms with E-state index in [9.17, 15) is 8.78 Å². The molecular formula is C5H7F2N3. The van der Waals surface area contributed by atoms with Gasteiger partial charge >= 0.3 is 5.92 Å². The zero-order valence-electron chi connectivity index (χ0n) is 5.43. The fourth-order valence-electron chi connectivity index (χ4n) is 0.549. The quantitative estimate of drug-likeness (QED) is 0.685. The van der Waals surface area contributed by atoms with Gasteiger partial charge in [-0.25, -0.2) is 4.98 Å². The molecule has 0 radical (unpaired) electrons. The number of alkyl halides is 2. The predicted molar refractivity (Wildman–Crippen MR) is 30.6 cm³/mol. The maximum Gasteiger partial charge on any atom is 0.305 e. The summed E-state index contributed by atoms with van der Waals surface area (Å²) in [5.41, 5.74) is 0. The molecule has 5 heteroatoms. The van der Waals surface area contributed by atoms with E-state index in [1.54, 1.807) is 0 Å². The molecule has 1 rings (SSSR count). The molecular weight excluding hydrogens is 140 g/mol. The van der Waals surface area contributed by atoms with Gasteiger partial charge in [0.15, 0.2) is 5.82 Å². The Balaban J connectivity index is 2.85. The zero-order valence-corrected chi connectivity index (χ0v) is 5.43. The lowest BCUT2D eigenvalue weighted by Gasteiger charge is -2.08. The van der Waals surface area contributed by atoms with Crippen LogP contribution >= 0.6 is 0 Å². The average Bonchev–Trinajstić information content (AvgIpc) is 2.38. The lowest BCUT2D eigenvalue weighted by atomic mass is 10.2. The van der Waals surface area contributed by atoms with Crippen molar-refractivity contribution in [2.45, 2.75) is 19.3 Å². The summed E-state index contributed by atoms with van der Waals surface area (Å²) in [5.74, 6) is -3.23. The molecule has 1 heterocycles.